The number of unbranched alkanes of at least 4 members (excludes halogenated alkanes) is 15. The molecule has 0 fully saturated rings. The van der Waals surface area contributed by atoms with Crippen molar-refractivity contribution >= 4 is 14.7 Å². The van der Waals surface area contributed by atoms with Crippen molar-refractivity contribution in [2.24, 2.45) is 0 Å². The van der Waals surface area contributed by atoms with Crippen molar-refractivity contribution in [3.63, 3.8) is 0 Å². The molecule has 146 valence electrons. The van der Waals surface area contributed by atoms with Crippen molar-refractivity contribution in [2.45, 2.75) is 126 Å². The zero-order valence-electron chi connectivity index (χ0n) is 17.4. The van der Waals surface area contributed by atoms with E-state index >= 15 is 0 Å². The molecule has 0 aromatic heterocycles. The van der Waals surface area contributed by atoms with Crippen LogP contribution in [0.4, 0.5) is 0 Å². The van der Waals surface area contributed by atoms with E-state index in [2.05, 4.69) is 23.7 Å². The van der Waals surface area contributed by atoms with Crippen LogP contribution in [0.2, 0.25) is 16.6 Å². The molecule has 0 rings (SSSR count). The molecule has 0 saturated heterocycles. The van der Waals surface area contributed by atoms with Crippen LogP contribution in [0, 0.1) is 0 Å². The molecule has 0 bridgehead atoms. The third-order valence-corrected chi connectivity index (χ3v) is 7.29. The van der Waals surface area contributed by atoms with Crippen LogP contribution >= 0.6 is 0 Å². The number of hydrogen-bond donors (Lipinski definition) is 1. The van der Waals surface area contributed by atoms with E-state index in [0.29, 0.717) is 0 Å². The van der Waals surface area contributed by atoms with E-state index in [4.69, 9.17) is 0 Å². The predicted octanol–water partition coefficient (Wildman–Crippen LogP) is 7.59. The molecule has 1 nitrogen and oxygen atoms in total. The first-order chi connectivity index (χ1) is 11.8. The van der Waals surface area contributed by atoms with Crippen LogP contribution in [0.3, 0.4) is 0 Å². The molecule has 0 heterocycles. The Morgan fingerprint density at radius 2 is 0.875 bits per heavy atom. The standard InChI is InChI=1S/C22H48AsN/c1-4-5-6-7-8-9-10-11-12-13-14-15-16-17-18-19-21-24-22-20-23(2)3/h24H,4-22H2,1-3H3. The summed E-state index contributed by atoms with van der Waals surface area (Å²) in [5.41, 5.74) is 4.90. The summed E-state index contributed by atoms with van der Waals surface area (Å²) in [4.78, 5) is 0. The first-order valence-corrected chi connectivity index (χ1v) is 16.2. The Labute approximate surface area is 159 Å². The fraction of sp³-hybridized carbons (Fsp3) is 1.00. The minimum atomic E-state index is -0.389. The number of nitrogens with one attached hydrogen (secondary N) is 1. The van der Waals surface area contributed by atoms with Gasteiger partial charge in [-0.25, -0.2) is 0 Å². The molecule has 0 aliphatic heterocycles. The molecule has 0 aromatic carbocycles. The van der Waals surface area contributed by atoms with Gasteiger partial charge in [0.1, 0.15) is 0 Å². The third-order valence-electron chi connectivity index (χ3n) is 4.94. The van der Waals surface area contributed by atoms with E-state index in [-0.39, 0.29) is 14.7 Å². The van der Waals surface area contributed by atoms with Crippen LogP contribution in [0.25, 0.3) is 0 Å². The predicted molar refractivity (Wildman–Crippen MR) is 115 cm³/mol. The van der Waals surface area contributed by atoms with Crippen LogP contribution < -0.4 is 5.32 Å². The molecule has 2 heteroatoms. The SMILES string of the molecule is CCCCCCCCCCCCCCCCCCNCC[As](C)C. The fourth-order valence-electron chi connectivity index (χ4n) is 3.23. The van der Waals surface area contributed by atoms with Crippen molar-refractivity contribution in [3.05, 3.63) is 0 Å². The van der Waals surface area contributed by atoms with Gasteiger partial charge in [-0.15, -0.1) is 0 Å². The quantitative estimate of drug-likeness (QED) is 0.164. The molecule has 1 N–H and O–H groups in total. The summed E-state index contributed by atoms with van der Waals surface area (Å²) in [7, 11) is 0. The molecule has 0 radical (unpaired) electrons. The summed E-state index contributed by atoms with van der Waals surface area (Å²) in [5.74, 6) is 0. The monoisotopic (exact) mass is 401 g/mol. The molecule has 0 atom stereocenters. The molecule has 0 aliphatic carbocycles. The van der Waals surface area contributed by atoms with E-state index in [1.165, 1.54) is 121 Å². The first kappa shape index (κ1) is 24.5. The van der Waals surface area contributed by atoms with E-state index < -0.39 is 0 Å². The van der Waals surface area contributed by atoms with Crippen LogP contribution in [-0.2, 0) is 0 Å². The summed E-state index contributed by atoms with van der Waals surface area (Å²) in [6.45, 7) is 4.82. The van der Waals surface area contributed by atoms with E-state index in [9.17, 15) is 0 Å². The molecule has 0 unspecified atom stereocenters. The molecule has 0 amide bonds. The maximum absolute atomic E-state index is 3.60. The summed E-state index contributed by atoms with van der Waals surface area (Å²) in [6, 6.07) is 0. The van der Waals surface area contributed by atoms with E-state index in [1.54, 1.807) is 0 Å². The van der Waals surface area contributed by atoms with Gasteiger partial charge in [0, 0.05) is 0 Å². The molecular formula is C22H48AsN. The Balaban J connectivity index is 2.95. The van der Waals surface area contributed by atoms with Crippen molar-refractivity contribution in [1.82, 2.24) is 5.32 Å². The molecule has 24 heavy (non-hydrogen) atoms. The van der Waals surface area contributed by atoms with Crippen LogP contribution in [-0.4, -0.2) is 27.7 Å². The Morgan fingerprint density at radius 3 is 1.25 bits per heavy atom. The van der Waals surface area contributed by atoms with Gasteiger partial charge >= 0.3 is 101 Å². The second kappa shape index (κ2) is 21.6. The van der Waals surface area contributed by atoms with Gasteiger partial charge in [-0.3, -0.25) is 0 Å². The Hall–Kier alpha value is 0.518. The van der Waals surface area contributed by atoms with Gasteiger partial charge in [0.25, 0.3) is 0 Å². The average Bonchev–Trinajstić information content (AvgIpc) is 2.56. The van der Waals surface area contributed by atoms with Gasteiger partial charge in [-0.2, -0.15) is 0 Å². The Kier molecular flexibility index (Phi) is 22.0. The van der Waals surface area contributed by atoms with Crippen molar-refractivity contribution in [2.75, 3.05) is 13.1 Å². The summed E-state index contributed by atoms with van der Waals surface area (Å²) >= 11 is -0.389. The third kappa shape index (κ3) is 22.5. The Morgan fingerprint density at radius 1 is 0.500 bits per heavy atom. The van der Waals surface area contributed by atoms with Gasteiger partial charge in [0.2, 0.25) is 0 Å². The molecular weight excluding hydrogens is 353 g/mol. The van der Waals surface area contributed by atoms with Crippen LogP contribution in [0.5, 0.6) is 0 Å². The molecule has 0 spiro atoms. The Bertz CT molecular complexity index is 218. The van der Waals surface area contributed by atoms with Crippen molar-refractivity contribution < 1.29 is 0 Å². The van der Waals surface area contributed by atoms with Crippen LogP contribution in [0.15, 0.2) is 0 Å². The normalized spacial score (nSPS) is 11.5. The van der Waals surface area contributed by atoms with Gasteiger partial charge in [0.15, 0.2) is 0 Å². The second-order valence-electron chi connectivity index (χ2n) is 7.86. The first-order valence-electron chi connectivity index (χ1n) is 11.1. The van der Waals surface area contributed by atoms with Crippen molar-refractivity contribution in [3.8, 4) is 0 Å². The molecule has 0 saturated carbocycles. The molecule has 0 aromatic rings. The number of rotatable bonds is 20. The average molecular weight is 402 g/mol. The maximum atomic E-state index is 3.60. The van der Waals surface area contributed by atoms with E-state index in [1.807, 2.05) is 0 Å². The van der Waals surface area contributed by atoms with Crippen molar-refractivity contribution in [1.29, 1.82) is 0 Å². The second-order valence-corrected chi connectivity index (χ2v) is 13.3. The summed E-state index contributed by atoms with van der Waals surface area (Å²) in [5, 5.41) is 5.07. The van der Waals surface area contributed by atoms with Gasteiger partial charge < -0.3 is 0 Å². The fourth-order valence-corrected chi connectivity index (χ4v) is 4.50. The van der Waals surface area contributed by atoms with Gasteiger partial charge in [0.05, 0.1) is 0 Å². The summed E-state index contributed by atoms with van der Waals surface area (Å²) < 4.78 is 0. The van der Waals surface area contributed by atoms with Gasteiger partial charge in [-0.1, -0.05) is 58.3 Å². The van der Waals surface area contributed by atoms with Crippen LogP contribution in [0.1, 0.15) is 110 Å². The van der Waals surface area contributed by atoms with Gasteiger partial charge in [-0.05, 0) is 0 Å². The minimum absolute atomic E-state index is 0.389. The topological polar surface area (TPSA) is 12.0 Å². The zero-order chi connectivity index (χ0) is 17.7. The van der Waals surface area contributed by atoms with E-state index in [0.717, 1.165) is 0 Å². The molecule has 0 aliphatic rings. The number of hydrogen-bond acceptors (Lipinski definition) is 1. The summed E-state index contributed by atoms with van der Waals surface area (Å²) in [6.07, 6.45) is 23.4. The zero-order valence-corrected chi connectivity index (χ0v) is 19.3.